The molecule has 28 heavy (non-hydrogen) atoms. The Hall–Kier alpha value is -3.47. The summed E-state index contributed by atoms with van der Waals surface area (Å²) in [6, 6.07) is 11.2. The van der Waals surface area contributed by atoms with Gasteiger partial charge in [0.15, 0.2) is 0 Å². The second kappa shape index (κ2) is 8.48. The van der Waals surface area contributed by atoms with Gasteiger partial charge in [0.2, 0.25) is 0 Å². The lowest BCUT2D eigenvalue weighted by atomic mass is 10.2. The number of piperazine rings is 1. The van der Waals surface area contributed by atoms with Crippen LogP contribution in [0.2, 0.25) is 0 Å². The minimum Gasteiger partial charge on any atom is -0.368 e. The first-order valence-electron chi connectivity index (χ1n) is 8.60. The molecule has 1 aliphatic heterocycles. The molecule has 0 bridgehead atoms. The van der Waals surface area contributed by atoms with Gasteiger partial charge < -0.3 is 15.1 Å². The summed E-state index contributed by atoms with van der Waals surface area (Å²) in [5, 5.41) is 11.6. The normalized spacial score (nSPS) is 14.6. The molecule has 0 saturated carbocycles. The van der Waals surface area contributed by atoms with Gasteiger partial charge in [-0.2, -0.15) is 5.26 Å². The molecule has 3 rings (SSSR count). The third-order valence-corrected chi connectivity index (χ3v) is 4.43. The van der Waals surface area contributed by atoms with Crippen molar-refractivity contribution in [1.82, 2.24) is 4.90 Å². The monoisotopic (exact) mass is 386 g/mol. The topological polar surface area (TPSA) is 59.4 Å². The molecule has 1 fully saturated rings. The number of carbonyl (C=O) groups is 1. The molecular formula is C20H17F3N4O. The second-order valence-electron chi connectivity index (χ2n) is 6.17. The first-order valence-corrected chi connectivity index (χ1v) is 8.60. The number of para-hydroxylation sites is 1. The standard InChI is InChI=1S/C20H17F3N4O/c21-15-4-6-16(7-5-15)26-8-10-27(11-9-26)20(28)14(12-24)13-25-19-17(22)2-1-3-18(19)23/h1-7,13,25H,8-11H2/b14-13-. The molecular weight excluding hydrogens is 369 g/mol. The zero-order valence-corrected chi connectivity index (χ0v) is 14.8. The molecule has 8 heteroatoms. The molecule has 1 saturated heterocycles. The summed E-state index contributed by atoms with van der Waals surface area (Å²) in [6.45, 7) is 1.77. The van der Waals surface area contributed by atoms with Crippen LogP contribution in [0.15, 0.2) is 54.2 Å². The van der Waals surface area contributed by atoms with E-state index in [2.05, 4.69) is 5.32 Å². The van der Waals surface area contributed by atoms with Crippen LogP contribution in [-0.4, -0.2) is 37.0 Å². The van der Waals surface area contributed by atoms with E-state index in [-0.39, 0.29) is 11.4 Å². The maximum atomic E-state index is 13.7. The van der Waals surface area contributed by atoms with Crippen LogP contribution in [0, 0.1) is 28.8 Å². The fraction of sp³-hybridized carbons (Fsp3) is 0.200. The van der Waals surface area contributed by atoms with Crippen molar-refractivity contribution < 1.29 is 18.0 Å². The van der Waals surface area contributed by atoms with Gasteiger partial charge in [0.25, 0.3) is 5.91 Å². The summed E-state index contributed by atoms with van der Waals surface area (Å²) in [5.74, 6) is -2.49. The van der Waals surface area contributed by atoms with Crippen LogP contribution in [-0.2, 0) is 4.79 Å². The maximum Gasteiger partial charge on any atom is 0.266 e. The van der Waals surface area contributed by atoms with Gasteiger partial charge in [0.1, 0.15) is 34.8 Å². The highest BCUT2D eigenvalue weighted by Crippen LogP contribution is 2.20. The van der Waals surface area contributed by atoms with E-state index in [0.29, 0.717) is 26.2 Å². The molecule has 0 aromatic heterocycles. The summed E-state index contributed by atoms with van der Waals surface area (Å²) in [4.78, 5) is 16.0. The third-order valence-electron chi connectivity index (χ3n) is 4.43. The van der Waals surface area contributed by atoms with Crippen LogP contribution in [0.25, 0.3) is 0 Å². The number of halogens is 3. The van der Waals surface area contributed by atoms with Crippen molar-refractivity contribution in [3.05, 3.63) is 71.7 Å². The average Bonchev–Trinajstić information content (AvgIpc) is 2.71. The van der Waals surface area contributed by atoms with E-state index >= 15 is 0 Å². The molecule has 144 valence electrons. The number of carbonyl (C=O) groups excluding carboxylic acids is 1. The van der Waals surface area contributed by atoms with Crippen molar-refractivity contribution in [3.8, 4) is 6.07 Å². The van der Waals surface area contributed by atoms with Crippen LogP contribution in [0.3, 0.4) is 0 Å². The molecule has 2 aromatic carbocycles. The van der Waals surface area contributed by atoms with Crippen LogP contribution < -0.4 is 10.2 Å². The Morgan fingerprint density at radius 3 is 2.18 bits per heavy atom. The molecule has 2 aromatic rings. The second-order valence-corrected chi connectivity index (χ2v) is 6.17. The van der Waals surface area contributed by atoms with Gasteiger partial charge in [0, 0.05) is 38.1 Å². The van der Waals surface area contributed by atoms with Gasteiger partial charge in [-0.25, -0.2) is 13.2 Å². The number of benzene rings is 2. The number of nitrogens with one attached hydrogen (secondary N) is 1. The van der Waals surface area contributed by atoms with E-state index in [1.807, 2.05) is 4.90 Å². The van der Waals surface area contributed by atoms with E-state index < -0.39 is 23.2 Å². The number of nitriles is 1. The average molecular weight is 386 g/mol. The summed E-state index contributed by atoms with van der Waals surface area (Å²) in [7, 11) is 0. The maximum absolute atomic E-state index is 13.7. The lowest BCUT2D eigenvalue weighted by Gasteiger charge is -2.36. The molecule has 0 aliphatic carbocycles. The fourth-order valence-corrected chi connectivity index (χ4v) is 2.91. The fourth-order valence-electron chi connectivity index (χ4n) is 2.91. The smallest absolute Gasteiger partial charge is 0.266 e. The van der Waals surface area contributed by atoms with E-state index in [0.717, 1.165) is 24.0 Å². The van der Waals surface area contributed by atoms with Gasteiger partial charge in [0.05, 0.1) is 0 Å². The lowest BCUT2D eigenvalue weighted by molar-refractivity contribution is -0.127. The van der Waals surface area contributed by atoms with Crippen LogP contribution in [0.4, 0.5) is 24.5 Å². The molecule has 0 atom stereocenters. The molecule has 5 nitrogen and oxygen atoms in total. The molecule has 0 spiro atoms. The number of hydrogen-bond donors (Lipinski definition) is 1. The van der Waals surface area contributed by atoms with Gasteiger partial charge in [-0.3, -0.25) is 4.79 Å². The largest absolute Gasteiger partial charge is 0.368 e. The first kappa shape index (κ1) is 19.3. The molecule has 1 heterocycles. The Labute approximate surface area is 160 Å². The van der Waals surface area contributed by atoms with Gasteiger partial charge in [-0.1, -0.05) is 6.07 Å². The Morgan fingerprint density at radius 1 is 1.00 bits per heavy atom. The Bertz CT molecular complexity index is 909. The highest BCUT2D eigenvalue weighted by Gasteiger charge is 2.24. The number of hydrogen-bond acceptors (Lipinski definition) is 4. The quantitative estimate of drug-likeness (QED) is 0.647. The van der Waals surface area contributed by atoms with E-state index in [9.17, 15) is 23.2 Å². The zero-order chi connectivity index (χ0) is 20.1. The number of rotatable bonds is 4. The summed E-state index contributed by atoms with van der Waals surface area (Å²) in [6.07, 6.45) is 1.01. The number of anilines is 2. The van der Waals surface area contributed by atoms with Crippen LogP contribution in [0.5, 0.6) is 0 Å². The molecule has 1 aliphatic rings. The van der Waals surface area contributed by atoms with Crippen molar-refractivity contribution >= 4 is 17.3 Å². The molecule has 1 N–H and O–H groups in total. The molecule has 0 radical (unpaired) electrons. The summed E-state index contributed by atoms with van der Waals surface area (Å²) >= 11 is 0. The zero-order valence-electron chi connectivity index (χ0n) is 14.8. The predicted octanol–water partition coefficient (Wildman–Crippen LogP) is 3.27. The lowest BCUT2D eigenvalue weighted by Crippen LogP contribution is -2.49. The third kappa shape index (κ3) is 4.26. The van der Waals surface area contributed by atoms with Crippen LogP contribution >= 0.6 is 0 Å². The Balaban J connectivity index is 1.64. The van der Waals surface area contributed by atoms with Gasteiger partial charge in [-0.15, -0.1) is 0 Å². The SMILES string of the molecule is N#C/C(=C/Nc1c(F)cccc1F)C(=O)N1CCN(c2ccc(F)cc2)CC1. The van der Waals surface area contributed by atoms with E-state index in [4.69, 9.17) is 0 Å². The molecule has 0 unspecified atom stereocenters. The minimum atomic E-state index is -0.825. The Morgan fingerprint density at radius 2 is 1.61 bits per heavy atom. The van der Waals surface area contributed by atoms with E-state index in [1.54, 1.807) is 18.2 Å². The Kier molecular flexibility index (Phi) is 5.84. The van der Waals surface area contributed by atoms with Crippen molar-refractivity contribution in [3.63, 3.8) is 0 Å². The van der Waals surface area contributed by atoms with Crippen LogP contribution in [0.1, 0.15) is 0 Å². The van der Waals surface area contributed by atoms with Crippen molar-refractivity contribution in [1.29, 1.82) is 5.26 Å². The van der Waals surface area contributed by atoms with Gasteiger partial charge in [-0.05, 0) is 36.4 Å². The van der Waals surface area contributed by atoms with Crippen molar-refractivity contribution in [2.75, 3.05) is 36.4 Å². The highest BCUT2D eigenvalue weighted by atomic mass is 19.1. The van der Waals surface area contributed by atoms with E-state index in [1.165, 1.54) is 23.1 Å². The number of amides is 1. The summed E-state index contributed by atoms with van der Waals surface area (Å²) in [5.41, 5.74) is 0.170. The van der Waals surface area contributed by atoms with Crippen molar-refractivity contribution in [2.45, 2.75) is 0 Å². The highest BCUT2D eigenvalue weighted by molar-refractivity contribution is 5.97. The minimum absolute atomic E-state index is 0.252. The van der Waals surface area contributed by atoms with Crippen molar-refractivity contribution in [2.24, 2.45) is 0 Å². The molecule has 1 amide bonds. The first-order chi connectivity index (χ1) is 13.5. The summed E-state index contributed by atoms with van der Waals surface area (Å²) < 4.78 is 40.3. The number of nitrogens with zero attached hydrogens (tertiary/aromatic N) is 3. The van der Waals surface area contributed by atoms with Gasteiger partial charge >= 0.3 is 0 Å². The predicted molar refractivity (Wildman–Crippen MR) is 98.9 cm³/mol.